The zero-order valence-corrected chi connectivity index (χ0v) is 18.3. The van der Waals surface area contributed by atoms with Gasteiger partial charge in [-0.2, -0.15) is 4.99 Å². The fraction of sp³-hybridized carbons (Fsp3) is 0.304. The number of benzene rings is 2. The monoisotopic (exact) mass is 426 g/mol. The fourth-order valence-electron chi connectivity index (χ4n) is 3.00. The highest BCUT2D eigenvalue weighted by atomic mass is 32.2. The van der Waals surface area contributed by atoms with Crippen LogP contribution in [-0.2, 0) is 11.2 Å². The number of nitrogens with zero attached hydrogens (tertiary/aromatic N) is 1. The zero-order valence-electron chi connectivity index (χ0n) is 17.4. The van der Waals surface area contributed by atoms with Crippen LogP contribution in [-0.4, -0.2) is 30.9 Å². The Labute approximate surface area is 181 Å². The van der Waals surface area contributed by atoms with E-state index in [4.69, 9.17) is 19.9 Å². The second-order valence-electron chi connectivity index (χ2n) is 6.71. The maximum atomic E-state index is 11.8. The van der Waals surface area contributed by atoms with Crippen molar-refractivity contribution in [3.05, 3.63) is 58.0 Å². The lowest BCUT2D eigenvalue weighted by molar-refractivity contribution is -0.113. The molecule has 0 saturated heterocycles. The smallest absolute Gasteiger partial charge is 0.286 e. The maximum Gasteiger partial charge on any atom is 0.286 e. The summed E-state index contributed by atoms with van der Waals surface area (Å²) in [7, 11) is 0. The summed E-state index contributed by atoms with van der Waals surface area (Å²) in [6.07, 6.45) is 2.71. The predicted molar refractivity (Wildman–Crippen MR) is 121 cm³/mol. The average Bonchev–Trinajstić information content (AvgIpc) is 3.03. The molecule has 0 aromatic heterocycles. The molecule has 0 spiro atoms. The Hall–Kier alpha value is -2.93. The number of thioether (sulfide) groups is 1. The van der Waals surface area contributed by atoms with Crippen LogP contribution in [0.1, 0.15) is 30.5 Å². The van der Waals surface area contributed by atoms with Gasteiger partial charge < -0.3 is 19.9 Å². The van der Waals surface area contributed by atoms with Crippen molar-refractivity contribution in [1.29, 1.82) is 0 Å². The van der Waals surface area contributed by atoms with Crippen LogP contribution in [0.4, 0.5) is 0 Å². The van der Waals surface area contributed by atoms with Crippen molar-refractivity contribution in [2.45, 2.75) is 27.2 Å². The van der Waals surface area contributed by atoms with Crippen molar-refractivity contribution in [2.75, 3.05) is 19.8 Å². The molecule has 2 N–H and O–H groups in total. The van der Waals surface area contributed by atoms with Crippen molar-refractivity contribution < 1.29 is 19.0 Å². The standard InChI is InChI=1S/C23H26N2O4S/c1-4-16-10-15(3)11-18(12-16)28-8-9-29-19-7-6-17(13-20(19)27-5-2)14-21-22(26)25-23(24)30-21/h6-7,10-14H,4-5,8-9H2,1-3H3,(H2,24,25,26)/b21-14+. The van der Waals surface area contributed by atoms with E-state index in [1.165, 1.54) is 11.1 Å². The van der Waals surface area contributed by atoms with Gasteiger partial charge in [-0.25, -0.2) is 0 Å². The van der Waals surface area contributed by atoms with Crippen molar-refractivity contribution >= 4 is 28.9 Å². The minimum atomic E-state index is -0.324. The maximum absolute atomic E-state index is 11.8. The molecule has 1 amide bonds. The number of amidine groups is 1. The van der Waals surface area contributed by atoms with E-state index in [2.05, 4.69) is 31.0 Å². The Kier molecular flexibility index (Phi) is 7.41. The number of aliphatic imine (C=N–C) groups is 1. The Morgan fingerprint density at radius 2 is 1.83 bits per heavy atom. The van der Waals surface area contributed by atoms with Crippen molar-refractivity contribution in [3.63, 3.8) is 0 Å². The number of nitrogens with two attached hydrogens (primary N) is 1. The topological polar surface area (TPSA) is 83.1 Å². The number of ether oxygens (including phenoxy) is 3. The van der Waals surface area contributed by atoms with Gasteiger partial charge in [0.2, 0.25) is 0 Å². The molecular formula is C23H26N2O4S. The molecule has 0 bridgehead atoms. The number of amides is 1. The first-order valence-electron chi connectivity index (χ1n) is 9.89. The molecule has 0 saturated carbocycles. The third-order valence-electron chi connectivity index (χ3n) is 4.33. The van der Waals surface area contributed by atoms with Gasteiger partial charge in [0.25, 0.3) is 5.91 Å². The van der Waals surface area contributed by atoms with Gasteiger partial charge in [0.15, 0.2) is 16.7 Å². The van der Waals surface area contributed by atoms with Crippen molar-refractivity contribution in [2.24, 2.45) is 10.7 Å². The normalized spacial score (nSPS) is 14.7. The second-order valence-corrected chi connectivity index (χ2v) is 7.77. The summed E-state index contributed by atoms with van der Waals surface area (Å²) in [6.45, 7) is 7.40. The fourth-order valence-corrected chi connectivity index (χ4v) is 3.68. The Bertz CT molecular complexity index is 985. The van der Waals surface area contributed by atoms with E-state index < -0.39 is 0 Å². The highest BCUT2D eigenvalue weighted by Gasteiger charge is 2.19. The van der Waals surface area contributed by atoms with Gasteiger partial charge in [-0.15, -0.1) is 0 Å². The lowest BCUT2D eigenvalue weighted by Crippen LogP contribution is -2.10. The zero-order chi connectivity index (χ0) is 21.5. The van der Waals surface area contributed by atoms with E-state index in [1.54, 1.807) is 6.08 Å². The van der Waals surface area contributed by atoms with Crippen LogP contribution in [0.3, 0.4) is 0 Å². The van der Waals surface area contributed by atoms with Crippen LogP contribution in [0, 0.1) is 6.92 Å². The molecule has 0 aliphatic carbocycles. The number of carbonyl (C=O) groups is 1. The Balaban J connectivity index is 1.62. The van der Waals surface area contributed by atoms with Crippen molar-refractivity contribution in [3.8, 4) is 17.2 Å². The molecule has 7 heteroatoms. The molecule has 0 fully saturated rings. The summed E-state index contributed by atoms with van der Waals surface area (Å²) < 4.78 is 17.4. The third kappa shape index (κ3) is 5.79. The van der Waals surface area contributed by atoms with Gasteiger partial charge in [0.1, 0.15) is 19.0 Å². The average molecular weight is 427 g/mol. The first kappa shape index (κ1) is 21.8. The van der Waals surface area contributed by atoms with Gasteiger partial charge in [-0.1, -0.05) is 19.1 Å². The summed E-state index contributed by atoms with van der Waals surface area (Å²) in [6, 6.07) is 11.8. The van der Waals surface area contributed by atoms with Gasteiger partial charge in [-0.3, -0.25) is 4.79 Å². The lowest BCUT2D eigenvalue weighted by atomic mass is 10.1. The predicted octanol–water partition coefficient (Wildman–Crippen LogP) is 4.34. The molecular weight excluding hydrogens is 400 g/mol. The van der Waals surface area contributed by atoms with E-state index in [-0.39, 0.29) is 11.1 Å². The van der Waals surface area contributed by atoms with Gasteiger partial charge in [0.05, 0.1) is 11.5 Å². The molecule has 1 heterocycles. The van der Waals surface area contributed by atoms with Gasteiger partial charge in [0, 0.05) is 0 Å². The molecule has 3 rings (SSSR count). The first-order chi connectivity index (χ1) is 14.5. The summed E-state index contributed by atoms with van der Waals surface area (Å²) >= 11 is 1.16. The van der Waals surface area contributed by atoms with Crippen LogP contribution in [0.2, 0.25) is 0 Å². The second kappa shape index (κ2) is 10.2. The Morgan fingerprint density at radius 1 is 1.03 bits per heavy atom. The highest BCUT2D eigenvalue weighted by Crippen LogP contribution is 2.32. The minimum Gasteiger partial charge on any atom is -0.490 e. The largest absolute Gasteiger partial charge is 0.490 e. The lowest BCUT2D eigenvalue weighted by Gasteiger charge is -2.14. The van der Waals surface area contributed by atoms with Gasteiger partial charge in [-0.05, 0) is 79.1 Å². The van der Waals surface area contributed by atoms with E-state index in [1.807, 2.05) is 31.2 Å². The molecule has 0 radical (unpaired) electrons. The SMILES string of the molecule is CCOc1cc(/C=C2/SC(N)=NC2=O)ccc1OCCOc1cc(C)cc(CC)c1. The van der Waals surface area contributed by atoms with Crippen LogP contribution in [0.25, 0.3) is 6.08 Å². The van der Waals surface area contributed by atoms with Crippen molar-refractivity contribution in [1.82, 2.24) is 0 Å². The molecule has 0 unspecified atom stereocenters. The molecule has 30 heavy (non-hydrogen) atoms. The summed E-state index contributed by atoms with van der Waals surface area (Å²) in [5.74, 6) is 1.76. The minimum absolute atomic E-state index is 0.260. The summed E-state index contributed by atoms with van der Waals surface area (Å²) in [4.78, 5) is 16.0. The third-order valence-corrected chi connectivity index (χ3v) is 5.14. The van der Waals surface area contributed by atoms with E-state index in [9.17, 15) is 4.79 Å². The summed E-state index contributed by atoms with van der Waals surface area (Å²) in [5, 5.41) is 0.260. The molecule has 1 aliphatic rings. The highest BCUT2D eigenvalue weighted by molar-refractivity contribution is 8.18. The number of aryl methyl sites for hydroxylation is 2. The molecule has 2 aromatic carbocycles. The number of carbonyl (C=O) groups excluding carboxylic acids is 1. The Morgan fingerprint density at radius 3 is 2.53 bits per heavy atom. The van der Waals surface area contributed by atoms with Gasteiger partial charge >= 0.3 is 0 Å². The number of hydrogen-bond donors (Lipinski definition) is 1. The molecule has 6 nitrogen and oxygen atoms in total. The van der Waals surface area contributed by atoms with Crippen LogP contribution in [0.5, 0.6) is 17.2 Å². The summed E-state index contributed by atoms with van der Waals surface area (Å²) in [5.41, 5.74) is 8.85. The van der Waals surface area contributed by atoms with E-state index >= 15 is 0 Å². The van der Waals surface area contributed by atoms with E-state index in [0.29, 0.717) is 36.2 Å². The quantitative estimate of drug-likeness (QED) is 0.474. The molecule has 0 atom stereocenters. The number of rotatable bonds is 9. The van der Waals surface area contributed by atoms with Crippen LogP contribution in [0.15, 0.2) is 46.3 Å². The van der Waals surface area contributed by atoms with Crippen LogP contribution < -0.4 is 19.9 Å². The number of hydrogen-bond acceptors (Lipinski definition) is 6. The molecule has 2 aromatic rings. The first-order valence-corrected chi connectivity index (χ1v) is 10.7. The van der Waals surface area contributed by atoms with Crippen LogP contribution >= 0.6 is 11.8 Å². The molecule has 1 aliphatic heterocycles. The molecule has 158 valence electrons. The van der Waals surface area contributed by atoms with E-state index in [0.717, 1.165) is 29.5 Å².